The van der Waals surface area contributed by atoms with Crippen molar-refractivity contribution < 1.29 is 9.59 Å². The summed E-state index contributed by atoms with van der Waals surface area (Å²) in [5.74, 6) is 0.452. The van der Waals surface area contributed by atoms with Gasteiger partial charge >= 0.3 is 0 Å². The first-order valence-corrected chi connectivity index (χ1v) is 5.46. The van der Waals surface area contributed by atoms with Crippen LogP contribution in [0.1, 0.15) is 6.42 Å². The molecule has 0 radical (unpaired) electrons. The van der Waals surface area contributed by atoms with Crippen molar-refractivity contribution in [3.63, 3.8) is 0 Å². The van der Waals surface area contributed by atoms with Gasteiger partial charge in [-0.3, -0.25) is 9.59 Å². The Morgan fingerprint density at radius 2 is 2.07 bits per heavy atom. The fourth-order valence-corrected chi connectivity index (χ4v) is 1.79. The normalized spacial score (nSPS) is 22.4. The van der Waals surface area contributed by atoms with Crippen molar-refractivity contribution in [1.82, 2.24) is 10.2 Å². The van der Waals surface area contributed by atoms with Crippen LogP contribution in [0.2, 0.25) is 0 Å². The second-order valence-corrected chi connectivity index (χ2v) is 3.80. The molecular formula is C8H12Cl2N2O2. The zero-order chi connectivity index (χ0) is 10.6. The number of alkyl halides is 2. The summed E-state index contributed by atoms with van der Waals surface area (Å²) in [4.78, 5) is 24.3. The van der Waals surface area contributed by atoms with Crippen LogP contribution in [0.3, 0.4) is 0 Å². The Morgan fingerprint density at radius 3 is 2.64 bits per heavy atom. The Morgan fingerprint density at radius 1 is 1.36 bits per heavy atom. The highest BCUT2D eigenvalue weighted by atomic mass is 35.5. The number of hydrogen-bond donors (Lipinski definition) is 1. The zero-order valence-electron chi connectivity index (χ0n) is 7.63. The van der Waals surface area contributed by atoms with E-state index in [1.807, 2.05) is 0 Å². The number of hydrogen-bond acceptors (Lipinski definition) is 2. The van der Waals surface area contributed by atoms with Crippen LogP contribution in [0.5, 0.6) is 0 Å². The quantitative estimate of drug-likeness (QED) is 0.711. The smallest absolute Gasteiger partial charge is 0.245 e. The van der Waals surface area contributed by atoms with E-state index in [-0.39, 0.29) is 18.4 Å². The number of nitrogens with one attached hydrogen (secondary N) is 1. The fourth-order valence-electron chi connectivity index (χ4n) is 1.37. The SMILES string of the molecule is O=C1CN(CCCl)C(=O)C(CCCl)N1. The summed E-state index contributed by atoms with van der Waals surface area (Å²) < 4.78 is 0. The van der Waals surface area contributed by atoms with Crippen LogP contribution in [0.15, 0.2) is 0 Å². The second-order valence-electron chi connectivity index (χ2n) is 3.05. The Bertz CT molecular complexity index is 215. The molecule has 1 atom stereocenters. The van der Waals surface area contributed by atoms with E-state index in [1.54, 1.807) is 0 Å². The zero-order valence-corrected chi connectivity index (χ0v) is 9.14. The third kappa shape index (κ3) is 2.75. The summed E-state index contributed by atoms with van der Waals surface area (Å²) in [7, 11) is 0. The molecule has 6 heteroatoms. The standard InChI is InChI=1S/C8H12Cl2N2O2/c9-2-1-6-8(14)12(4-3-10)5-7(13)11-6/h6H,1-5H2,(H,11,13). The van der Waals surface area contributed by atoms with E-state index in [9.17, 15) is 9.59 Å². The monoisotopic (exact) mass is 238 g/mol. The highest BCUT2D eigenvalue weighted by Gasteiger charge is 2.31. The summed E-state index contributed by atoms with van der Waals surface area (Å²) in [6, 6.07) is -0.475. The largest absolute Gasteiger partial charge is 0.343 e. The second kappa shape index (κ2) is 5.41. The molecule has 0 bridgehead atoms. The van der Waals surface area contributed by atoms with Gasteiger partial charge in [0, 0.05) is 18.3 Å². The molecule has 1 aliphatic heterocycles. The van der Waals surface area contributed by atoms with Gasteiger partial charge in [-0.15, -0.1) is 23.2 Å². The summed E-state index contributed by atoms with van der Waals surface area (Å²) in [6.45, 7) is 0.511. The molecule has 0 aromatic rings. The van der Waals surface area contributed by atoms with E-state index < -0.39 is 6.04 Å². The van der Waals surface area contributed by atoms with Crippen LogP contribution in [-0.4, -0.2) is 47.6 Å². The van der Waals surface area contributed by atoms with Crippen LogP contribution in [0, 0.1) is 0 Å². The maximum atomic E-state index is 11.6. The van der Waals surface area contributed by atoms with Crippen molar-refractivity contribution in [2.45, 2.75) is 12.5 Å². The third-order valence-electron chi connectivity index (χ3n) is 2.03. The molecule has 1 unspecified atom stereocenters. The molecule has 0 aliphatic carbocycles. The molecule has 1 N–H and O–H groups in total. The third-order valence-corrected chi connectivity index (χ3v) is 2.42. The predicted octanol–water partition coefficient (Wildman–Crippen LogP) is 0.181. The predicted molar refractivity (Wildman–Crippen MR) is 54.6 cm³/mol. The van der Waals surface area contributed by atoms with Crippen LogP contribution in [0.4, 0.5) is 0 Å². The van der Waals surface area contributed by atoms with Gasteiger partial charge in [-0.2, -0.15) is 0 Å². The minimum atomic E-state index is -0.475. The molecule has 1 fully saturated rings. The average Bonchev–Trinajstić information content (AvgIpc) is 2.14. The number of amides is 2. The van der Waals surface area contributed by atoms with Gasteiger partial charge in [0.05, 0.1) is 6.54 Å². The molecule has 80 valence electrons. The Labute approximate surface area is 92.5 Å². The van der Waals surface area contributed by atoms with Gasteiger partial charge in [-0.25, -0.2) is 0 Å². The lowest BCUT2D eigenvalue weighted by Crippen LogP contribution is -2.58. The number of halogens is 2. The Balaban J connectivity index is 2.60. The lowest BCUT2D eigenvalue weighted by molar-refractivity contribution is -0.144. The molecule has 0 saturated carbocycles. The molecule has 1 rings (SSSR count). The van der Waals surface area contributed by atoms with E-state index in [4.69, 9.17) is 23.2 Å². The van der Waals surface area contributed by atoms with E-state index >= 15 is 0 Å². The van der Waals surface area contributed by atoms with Crippen molar-refractivity contribution in [2.24, 2.45) is 0 Å². The molecule has 0 aromatic heterocycles. The molecule has 2 amide bonds. The van der Waals surface area contributed by atoms with Gasteiger partial charge in [0.15, 0.2) is 0 Å². The van der Waals surface area contributed by atoms with Crippen LogP contribution < -0.4 is 5.32 Å². The van der Waals surface area contributed by atoms with Gasteiger partial charge in [-0.05, 0) is 6.42 Å². The summed E-state index contributed by atoms with van der Waals surface area (Å²) >= 11 is 11.0. The molecule has 1 heterocycles. The van der Waals surface area contributed by atoms with Crippen molar-refractivity contribution in [3.8, 4) is 0 Å². The van der Waals surface area contributed by atoms with Crippen molar-refractivity contribution in [2.75, 3.05) is 24.8 Å². The number of carbonyl (C=O) groups excluding carboxylic acids is 2. The van der Waals surface area contributed by atoms with Gasteiger partial charge in [0.2, 0.25) is 11.8 Å². The molecule has 1 aliphatic rings. The minimum Gasteiger partial charge on any atom is -0.343 e. The summed E-state index contributed by atoms with van der Waals surface area (Å²) in [6.07, 6.45) is 0.463. The van der Waals surface area contributed by atoms with Gasteiger partial charge in [0.25, 0.3) is 0 Å². The molecule has 0 aromatic carbocycles. The van der Waals surface area contributed by atoms with Crippen LogP contribution >= 0.6 is 23.2 Å². The van der Waals surface area contributed by atoms with Gasteiger partial charge < -0.3 is 10.2 Å². The molecule has 4 nitrogen and oxygen atoms in total. The van der Waals surface area contributed by atoms with E-state index in [0.29, 0.717) is 24.7 Å². The van der Waals surface area contributed by atoms with Crippen molar-refractivity contribution in [3.05, 3.63) is 0 Å². The van der Waals surface area contributed by atoms with E-state index in [2.05, 4.69) is 5.32 Å². The number of nitrogens with zero attached hydrogens (tertiary/aromatic N) is 1. The van der Waals surface area contributed by atoms with Crippen molar-refractivity contribution in [1.29, 1.82) is 0 Å². The number of carbonyl (C=O) groups is 2. The number of piperazine rings is 1. The van der Waals surface area contributed by atoms with Crippen molar-refractivity contribution >= 4 is 35.0 Å². The fraction of sp³-hybridized carbons (Fsp3) is 0.750. The summed E-state index contributed by atoms with van der Waals surface area (Å²) in [5.41, 5.74) is 0. The first kappa shape index (κ1) is 11.6. The molecule has 1 saturated heterocycles. The molecule has 14 heavy (non-hydrogen) atoms. The van der Waals surface area contributed by atoms with E-state index in [1.165, 1.54) is 4.90 Å². The van der Waals surface area contributed by atoms with Gasteiger partial charge in [0.1, 0.15) is 6.04 Å². The first-order chi connectivity index (χ1) is 6.69. The minimum absolute atomic E-state index is 0.0918. The Hall–Kier alpha value is -0.480. The maximum absolute atomic E-state index is 11.6. The van der Waals surface area contributed by atoms with Crippen LogP contribution in [-0.2, 0) is 9.59 Å². The van der Waals surface area contributed by atoms with Crippen LogP contribution in [0.25, 0.3) is 0 Å². The van der Waals surface area contributed by atoms with E-state index in [0.717, 1.165) is 0 Å². The summed E-state index contributed by atoms with van der Waals surface area (Å²) in [5, 5.41) is 2.60. The lowest BCUT2D eigenvalue weighted by Gasteiger charge is -2.31. The average molecular weight is 239 g/mol. The van der Waals surface area contributed by atoms with Gasteiger partial charge in [-0.1, -0.05) is 0 Å². The number of rotatable bonds is 4. The molecular weight excluding hydrogens is 227 g/mol. The maximum Gasteiger partial charge on any atom is 0.245 e. The molecule has 0 spiro atoms. The first-order valence-electron chi connectivity index (χ1n) is 4.39. The highest BCUT2D eigenvalue weighted by molar-refractivity contribution is 6.18. The lowest BCUT2D eigenvalue weighted by atomic mass is 10.1. The topological polar surface area (TPSA) is 49.4 Å². The highest BCUT2D eigenvalue weighted by Crippen LogP contribution is 2.06. The Kier molecular flexibility index (Phi) is 4.48.